The normalized spacial score (nSPS) is 11.7. The van der Waals surface area contributed by atoms with Gasteiger partial charge in [0.1, 0.15) is 0 Å². The van der Waals surface area contributed by atoms with Crippen molar-refractivity contribution in [2.45, 2.75) is 0 Å². The standard InChI is InChI=1S/C48H31N/c1-3-15-32(16-4-1)36-27-28-41-43(31-36)47(44-30-35-20-8-7-19-34(35)29-42(44)33-17-5-2-6-18-33)39-23-9-10-24-40(39)48(41)49-45-25-13-11-21-37(45)38-22-12-14-26-46(38)49/h1-31H. The van der Waals surface area contributed by atoms with E-state index in [-0.39, 0.29) is 0 Å². The SMILES string of the molecule is c1ccc(-c2ccc3c(-n4c5ccccc5c5ccccc54)c4ccccc4c(-c4cc5ccccc5cc4-c4ccccc4)c3c2)cc1. The summed E-state index contributed by atoms with van der Waals surface area (Å²) in [5.41, 5.74) is 11.0. The van der Waals surface area contributed by atoms with Crippen LogP contribution < -0.4 is 0 Å². The number of hydrogen-bond donors (Lipinski definition) is 0. The molecule has 1 aromatic heterocycles. The van der Waals surface area contributed by atoms with E-state index in [1.807, 2.05) is 0 Å². The highest BCUT2D eigenvalue weighted by Gasteiger charge is 2.22. The third-order valence-corrected chi connectivity index (χ3v) is 10.1. The molecule has 0 aliphatic carbocycles. The Labute approximate surface area is 284 Å². The molecule has 0 saturated carbocycles. The molecule has 0 spiro atoms. The highest BCUT2D eigenvalue weighted by Crippen LogP contribution is 2.47. The zero-order chi connectivity index (χ0) is 32.3. The molecule has 0 unspecified atom stereocenters. The Hall–Kier alpha value is -6.44. The van der Waals surface area contributed by atoms with Crippen LogP contribution in [0.1, 0.15) is 0 Å². The van der Waals surface area contributed by atoms with E-state index < -0.39 is 0 Å². The lowest BCUT2D eigenvalue weighted by Crippen LogP contribution is -2.00. The fourth-order valence-corrected chi connectivity index (χ4v) is 7.96. The van der Waals surface area contributed by atoms with Crippen molar-refractivity contribution < 1.29 is 0 Å². The molecular weight excluding hydrogens is 591 g/mol. The Kier molecular flexibility index (Phi) is 6.25. The van der Waals surface area contributed by atoms with Crippen LogP contribution in [0.25, 0.3) is 93.2 Å². The Morgan fingerprint density at radius 1 is 0.286 bits per heavy atom. The monoisotopic (exact) mass is 621 g/mol. The lowest BCUT2D eigenvalue weighted by molar-refractivity contribution is 1.21. The van der Waals surface area contributed by atoms with Gasteiger partial charge in [0.2, 0.25) is 0 Å². The molecule has 228 valence electrons. The van der Waals surface area contributed by atoms with Gasteiger partial charge in [0.05, 0.1) is 16.7 Å². The number of fused-ring (bicyclic) bond motifs is 6. The van der Waals surface area contributed by atoms with Crippen LogP contribution in [0.2, 0.25) is 0 Å². The Balaban J connectivity index is 1.42. The van der Waals surface area contributed by atoms with Crippen LogP contribution in [0.4, 0.5) is 0 Å². The average molecular weight is 622 g/mol. The molecule has 0 atom stereocenters. The van der Waals surface area contributed by atoms with Crippen molar-refractivity contribution >= 4 is 54.1 Å². The minimum absolute atomic E-state index is 1.21. The van der Waals surface area contributed by atoms with Crippen molar-refractivity contribution in [3.8, 4) is 39.1 Å². The van der Waals surface area contributed by atoms with Crippen LogP contribution >= 0.6 is 0 Å². The quantitative estimate of drug-likeness (QED) is 0.172. The first-order valence-corrected chi connectivity index (χ1v) is 16.9. The Morgan fingerprint density at radius 2 is 0.776 bits per heavy atom. The van der Waals surface area contributed by atoms with E-state index in [2.05, 4.69) is 193 Å². The van der Waals surface area contributed by atoms with Gasteiger partial charge in [-0.15, -0.1) is 0 Å². The first-order chi connectivity index (χ1) is 24.3. The summed E-state index contributed by atoms with van der Waals surface area (Å²) < 4.78 is 2.50. The molecule has 0 aliphatic heterocycles. The van der Waals surface area contributed by atoms with Gasteiger partial charge in [0.25, 0.3) is 0 Å². The van der Waals surface area contributed by atoms with Gasteiger partial charge >= 0.3 is 0 Å². The third-order valence-electron chi connectivity index (χ3n) is 10.1. The molecule has 1 nitrogen and oxygen atoms in total. The van der Waals surface area contributed by atoms with Crippen LogP contribution in [0, 0.1) is 0 Å². The minimum atomic E-state index is 1.21. The molecule has 1 heterocycles. The first-order valence-electron chi connectivity index (χ1n) is 16.9. The maximum absolute atomic E-state index is 2.50. The molecule has 10 rings (SSSR count). The number of aromatic nitrogens is 1. The number of para-hydroxylation sites is 2. The molecule has 0 saturated heterocycles. The van der Waals surface area contributed by atoms with Gasteiger partial charge in [0, 0.05) is 21.5 Å². The molecule has 0 radical (unpaired) electrons. The summed E-state index contributed by atoms with van der Waals surface area (Å²) in [6.45, 7) is 0. The molecule has 1 heteroatoms. The Morgan fingerprint density at radius 3 is 1.43 bits per heavy atom. The summed E-state index contributed by atoms with van der Waals surface area (Å²) in [6.07, 6.45) is 0. The molecule has 0 bridgehead atoms. The Bertz CT molecular complexity index is 2810. The number of nitrogens with zero attached hydrogens (tertiary/aromatic N) is 1. The second kappa shape index (κ2) is 11.1. The van der Waals surface area contributed by atoms with Gasteiger partial charge in [0.15, 0.2) is 0 Å². The second-order valence-corrected chi connectivity index (χ2v) is 12.9. The number of benzene rings is 9. The van der Waals surface area contributed by atoms with Gasteiger partial charge in [-0.05, 0) is 85.3 Å². The maximum atomic E-state index is 2.50. The molecule has 0 amide bonds. The summed E-state index contributed by atoms with van der Waals surface area (Å²) >= 11 is 0. The van der Waals surface area contributed by atoms with Gasteiger partial charge in [-0.25, -0.2) is 0 Å². The zero-order valence-electron chi connectivity index (χ0n) is 26.8. The summed E-state index contributed by atoms with van der Waals surface area (Å²) in [4.78, 5) is 0. The van der Waals surface area contributed by atoms with Crippen molar-refractivity contribution in [3.63, 3.8) is 0 Å². The van der Waals surface area contributed by atoms with Crippen LogP contribution in [0.15, 0.2) is 188 Å². The molecule has 0 N–H and O–H groups in total. The lowest BCUT2D eigenvalue weighted by Gasteiger charge is -2.22. The maximum Gasteiger partial charge on any atom is 0.0619 e. The number of hydrogen-bond acceptors (Lipinski definition) is 0. The molecule has 10 aromatic rings. The average Bonchev–Trinajstić information content (AvgIpc) is 3.51. The molecule has 9 aromatic carbocycles. The molecule has 49 heavy (non-hydrogen) atoms. The minimum Gasteiger partial charge on any atom is -0.308 e. The zero-order valence-corrected chi connectivity index (χ0v) is 26.8. The molecular formula is C48H31N. The predicted molar refractivity (Wildman–Crippen MR) is 210 cm³/mol. The van der Waals surface area contributed by atoms with Crippen LogP contribution in [-0.2, 0) is 0 Å². The molecule has 0 aliphatic rings. The topological polar surface area (TPSA) is 4.93 Å². The van der Waals surface area contributed by atoms with Crippen LogP contribution in [0.3, 0.4) is 0 Å². The molecule has 0 fully saturated rings. The predicted octanol–water partition coefficient (Wildman–Crippen LogP) is 13.2. The van der Waals surface area contributed by atoms with Gasteiger partial charge < -0.3 is 4.57 Å². The fourth-order valence-electron chi connectivity index (χ4n) is 7.96. The summed E-state index contributed by atoms with van der Waals surface area (Å²) in [5.74, 6) is 0. The van der Waals surface area contributed by atoms with E-state index in [9.17, 15) is 0 Å². The van der Waals surface area contributed by atoms with Crippen LogP contribution in [0.5, 0.6) is 0 Å². The highest BCUT2D eigenvalue weighted by molar-refractivity contribution is 6.23. The van der Waals surface area contributed by atoms with Crippen molar-refractivity contribution in [3.05, 3.63) is 188 Å². The fraction of sp³-hybridized carbons (Fsp3) is 0. The summed E-state index contributed by atoms with van der Waals surface area (Å²) in [7, 11) is 0. The van der Waals surface area contributed by atoms with Crippen LogP contribution in [-0.4, -0.2) is 4.57 Å². The van der Waals surface area contributed by atoms with E-state index in [0.717, 1.165) is 0 Å². The number of rotatable bonds is 4. The first kappa shape index (κ1) is 27.7. The smallest absolute Gasteiger partial charge is 0.0619 e. The van der Waals surface area contributed by atoms with E-state index in [1.165, 1.54) is 93.2 Å². The largest absolute Gasteiger partial charge is 0.308 e. The van der Waals surface area contributed by atoms with Crippen molar-refractivity contribution in [2.24, 2.45) is 0 Å². The van der Waals surface area contributed by atoms with Crippen molar-refractivity contribution in [2.75, 3.05) is 0 Å². The third kappa shape index (κ3) is 4.33. The van der Waals surface area contributed by atoms with E-state index in [0.29, 0.717) is 0 Å². The van der Waals surface area contributed by atoms with Crippen molar-refractivity contribution in [1.29, 1.82) is 0 Å². The van der Waals surface area contributed by atoms with Crippen molar-refractivity contribution in [1.82, 2.24) is 4.57 Å². The van der Waals surface area contributed by atoms with Gasteiger partial charge in [-0.1, -0.05) is 158 Å². The lowest BCUT2D eigenvalue weighted by atomic mass is 9.84. The highest BCUT2D eigenvalue weighted by atomic mass is 15.0. The summed E-state index contributed by atoms with van der Waals surface area (Å²) in [5, 5.41) is 9.95. The van der Waals surface area contributed by atoms with E-state index in [1.54, 1.807) is 0 Å². The summed E-state index contributed by atoms with van der Waals surface area (Å²) in [6, 6.07) is 68.9. The van der Waals surface area contributed by atoms with E-state index in [4.69, 9.17) is 0 Å². The van der Waals surface area contributed by atoms with E-state index >= 15 is 0 Å². The van der Waals surface area contributed by atoms with Gasteiger partial charge in [-0.2, -0.15) is 0 Å². The van der Waals surface area contributed by atoms with Gasteiger partial charge in [-0.3, -0.25) is 0 Å². The second-order valence-electron chi connectivity index (χ2n) is 12.9.